The summed E-state index contributed by atoms with van der Waals surface area (Å²) in [5, 5.41) is 7.55. The number of carbonyl (C=O) groups is 1. The Balaban J connectivity index is 0.00000264. The van der Waals surface area contributed by atoms with Crippen LogP contribution in [0.3, 0.4) is 0 Å². The Kier molecular flexibility index (Phi) is 6.79. The van der Waals surface area contributed by atoms with Crippen LogP contribution in [0.15, 0.2) is 24.3 Å². The second kappa shape index (κ2) is 8.13. The van der Waals surface area contributed by atoms with Crippen LogP contribution in [0.4, 0.5) is 0 Å². The van der Waals surface area contributed by atoms with Crippen molar-refractivity contribution >= 4 is 18.3 Å². The molecule has 0 spiro atoms. The van der Waals surface area contributed by atoms with Crippen LogP contribution in [0, 0.1) is 20.8 Å². The Labute approximate surface area is 144 Å². The van der Waals surface area contributed by atoms with Crippen molar-refractivity contribution in [3.05, 3.63) is 46.8 Å². The predicted octanol–water partition coefficient (Wildman–Crippen LogP) is 2.40. The summed E-state index contributed by atoms with van der Waals surface area (Å²) in [6.45, 7) is 7.05. The van der Waals surface area contributed by atoms with Gasteiger partial charge in [-0.2, -0.15) is 5.10 Å². The summed E-state index contributed by atoms with van der Waals surface area (Å²) >= 11 is 0. The maximum absolute atomic E-state index is 11.9. The average molecular weight is 337 g/mol. The van der Waals surface area contributed by atoms with Gasteiger partial charge in [-0.1, -0.05) is 18.2 Å². The van der Waals surface area contributed by atoms with E-state index in [2.05, 4.69) is 36.4 Å². The molecule has 2 rings (SSSR count). The number of aromatic nitrogens is 2. The number of carbonyl (C=O) groups excluding carboxylic acids is 1. The number of benzene rings is 1. The third kappa shape index (κ3) is 4.12. The van der Waals surface area contributed by atoms with Gasteiger partial charge in [-0.3, -0.25) is 4.79 Å². The number of nitrogens with zero attached hydrogens (tertiary/aromatic N) is 3. The van der Waals surface area contributed by atoms with Crippen molar-refractivity contribution in [2.45, 2.75) is 27.3 Å². The number of nitrogens with one attached hydrogen (secondary N) is 1. The first-order valence-electron chi connectivity index (χ1n) is 7.45. The summed E-state index contributed by atoms with van der Waals surface area (Å²) in [4.78, 5) is 13.7. The van der Waals surface area contributed by atoms with Crippen LogP contribution < -0.4 is 5.32 Å². The molecule has 0 atom stereocenters. The summed E-state index contributed by atoms with van der Waals surface area (Å²) in [6, 6.07) is 8.18. The summed E-state index contributed by atoms with van der Waals surface area (Å²) in [5.74, 6) is 0.0740. The van der Waals surface area contributed by atoms with E-state index in [1.165, 1.54) is 5.56 Å². The molecule has 0 unspecified atom stereocenters. The van der Waals surface area contributed by atoms with Crippen LogP contribution >= 0.6 is 12.4 Å². The molecule has 126 valence electrons. The normalized spacial score (nSPS) is 10.3. The third-order valence-corrected chi connectivity index (χ3v) is 3.93. The molecule has 1 amide bonds. The number of aryl methyl sites for hydroxylation is 2. The smallest absolute Gasteiger partial charge is 0.236 e. The Bertz CT molecular complexity index is 681. The molecular weight excluding hydrogens is 312 g/mol. The molecule has 0 saturated heterocycles. The molecule has 1 N–H and O–H groups in total. The van der Waals surface area contributed by atoms with E-state index in [0.717, 1.165) is 22.6 Å². The van der Waals surface area contributed by atoms with E-state index in [0.29, 0.717) is 13.1 Å². The zero-order chi connectivity index (χ0) is 16.3. The summed E-state index contributed by atoms with van der Waals surface area (Å²) in [6.07, 6.45) is 0. The van der Waals surface area contributed by atoms with Gasteiger partial charge >= 0.3 is 0 Å². The average Bonchev–Trinajstić information content (AvgIpc) is 2.76. The van der Waals surface area contributed by atoms with Gasteiger partial charge in [0.15, 0.2) is 0 Å². The van der Waals surface area contributed by atoms with Gasteiger partial charge in [0.2, 0.25) is 5.91 Å². The highest BCUT2D eigenvalue weighted by Crippen LogP contribution is 2.21. The highest BCUT2D eigenvalue weighted by atomic mass is 35.5. The van der Waals surface area contributed by atoms with Gasteiger partial charge in [0, 0.05) is 24.8 Å². The van der Waals surface area contributed by atoms with Gasteiger partial charge in [-0.25, -0.2) is 4.68 Å². The minimum Gasteiger partial charge on any atom is -0.340 e. The number of rotatable bonds is 5. The molecule has 1 heterocycles. The molecule has 1 aromatic heterocycles. The van der Waals surface area contributed by atoms with Gasteiger partial charge in [0.25, 0.3) is 0 Å². The van der Waals surface area contributed by atoms with E-state index < -0.39 is 0 Å². The number of likely N-dealkylation sites (N-methyl/N-ethyl adjacent to an activating group) is 2. The SMILES string of the molecule is CNCC(=O)N(C)Cc1c(C)nn(-c2ccccc2C)c1C.Cl. The number of halogens is 1. The minimum absolute atomic E-state index is 0. The van der Waals surface area contributed by atoms with E-state index in [-0.39, 0.29) is 18.3 Å². The van der Waals surface area contributed by atoms with Crippen molar-refractivity contribution in [1.29, 1.82) is 0 Å². The summed E-state index contributed by atoms with van der Waals surface area (Å²) < 4.78 is 1.97. The molecule has 0 bridgehead atoms. The van der Waals surface area contributed by atoms with Gasteiger partial charge in [-0.15, -0.1) is 12.4 Å². The van der Waals surface area contributed by atoms with Crippen LogP contribution in [0.25, 0.3) is 5.69 Å². The molecule has 0 aliphatic rings. The molecular formula is C17H25ClN4O. The number of para-hydroxylation sites is 1. The molecule has 0 aliphatic heterocycles. The molecule has 0 saturated carbocycles. The monoisotopic (exact) mass is 336 g/mol. The lowest BCUT2D eigenvalue weighted by Gasteiger charge is -2.17. The molecule has 0 radical (unpaired) electrons. The summed E-state index contributed by atoms with van der Waals surface area (Å²) in [7, 11) is 3.60. The first-order chi connectivity index (χ1) is 10.5. The molecule has 23 heavy (non-hydrogen) atoms. The van der Waals surface area contributed by atoms with Gasteiger partial charge in [-0.05, 0) is 39.4 Å². The van der Waals surface area contributed by atoms with E-state index in [9.17, 15) is 4.79 Å². The van der Waals surface area contributed by atoms with Crippen LogP contribution in [-0.2, 0) is 11.3 Å². The highest BCUT2D eigenvalue weighted by Gasteiger charge is 2.17. The van der Waals surface area contributed by atoms with Crippen LogP contribution in [-0.4, -0.2) is 41.2 Å². The lowest BCUT2D eigenvalue weighted by Crippen LogP contribution is -2.33. The van der Waals surface area contributed by atoms with Crippen molar-refractivity contribution < 1.29 is 4.79 Å². The number of hydrogen-bond donors (Lipinski definition) is 1. The fraction of sp³-hybridized carbons (Fsp3) is 0.412. The quantitative estimate of drug-likeness (QED) is 0.912. The lowest BCUT2D eigenvalue weighted by molar-refractivity contribution is -0.129. The minimum atomic E-state index is 0. The van der Waals surface area contributed by atoms with Crippen molar-refractivity contribution in [3.63, 3.8) is 0 Å². The fourth-order valence-electron chi connectivity index (χ4n) is 2.55. The maximum atomic E-state index is 11.9. The maximum Gasteiger partial charge on any atom is 0.236 e. The van der Waals surface area contributed by atoms with E-state index in [1.807, 2.05) is 30.8 Å². The van der Waals surface area contributed by atoms with E-state index >= 15 is 0 Å². The first kappa shape index (κ1) is 19.2. The first-order valence-corrected chi connectivity index (χ1v) is 7.45. The topological polar surface area (TPSA) is 50.2 Å². The Morgan fingerprint density at radius 3 is 2.52 bits per heavy atom. The van der Waals surface area contributed by atoms with Crippen molar-refractivity contribution in [3.8, 4) is 5.69 Å². The lowest BCUT2D eigenvalue weighted by atomic mass is 10.1. The van der Waals surface area contributed by atoms with Crippen LogP contribution in [0.1, 0.15) is 22.5 Å². The molecule has 5 nitrogen and oxygen atoms in total. The highest BCUT2D eigenvalue weighted by molar-refractivity contribution is 5.85. The van der Waals surface area contributed by atoms with Crippen molar-refractivity contribution in [1.82, 2.24) is 20.0 Å². The molecule has 2 aromatic rings. The molecule has 0 aliphatic carbocycles. The van der Waals surface area contributed by atoms with Gasteiger partial charge < -0.3 is 10.2 Å². The van der Waals surface area contributed by atoms with Crippen LogP contribution in [0.5, 0.6) is 0 Å². The second-order valence-corrected chi connectivity index (χ2v) is 5.63. The van der Waals surface area contributed by atoms with Crippen molar-refractivity contribution in [2.75, 3.05) is 20.6 Å². The number of amides is 1. The van der Waals surface area contributed by atoms with E-state index in [4.69, 9.17) is 0 Å². The van der Waals surface area contributed by atoms with Gasteiger partial charge in [0.05, 0.1) is 17.9 Å². The van der Waals surface area contributed by atoms with Gasteiger partial charge in [0.1, 0.15) is 0 Å². The Morgan fingerprint density at radius 2 is 1.91 bits per heavy atom. The molecule has 0 fully saturated rings. The number of hydrogen-bond acceptors (Lipinski definition) is 3. The molecule has 1 aromatic carbocycles. The van der Waals surface area contributed by atoms with Crippen LogP contribution in [0.2, 0.25) is 0 Å². The Hall–Kier alpha value is -1.85. The zero-order valence-corrected chi connectivity index (χ0v) is 15.2. The van der Waals surface area contributed by atoms with Crippen molar-refractivity contribution in [2.24, 2.45) is 0 Å². The standard InChI is InChI=1S/C17H24N4O.ClH/c1-12-8-6-7-9-16(12)21-14(3)15(13(2)19-21)11-20(5)17(22)10-18-4;/h6-9,18H,10-11H2,1-5H3;1H. The Morgan fingerprint density at radius 1 is 1.26 bits per heavy atom. The zero-order valence-electron chi connectivity index (χ0n) is 14.4. The largest absolute Gasteiger partial charge is 0.340 e. The molecule has 6 heteroatoms. The van der Waals surface area contributed by atoms with E-state index in [1.54, 1.807) is 11.9 Å². The summed E-state index contributed by atoms with van der Waals surface area (Å²) in [5.41, 5.74) is 5.41. The third-order valence-electron chi connectivity index (χ3n) is 3.93. The predicted molar refractivity (Wildman–Crippen MR) is 95.4 cm³/mol. The fourth-order valence-corrected chi connectivity index (χ4v) is 2.55. The second-order valence-electron chi connectivity index (χ2n) is 5.63.